The van der Waals surface area contributed by atoms with Gasteiger partial charge in [0.15, 0.2) is 0 Å². The number of carbonyl (C=O) groups is 3. The fourth-order valence-corrected chi connectivity index (χ4v) is 2.79. The van der Waals surface area contributed by atoms with Crippen molar-refractivity contribution in [1.29, 1.82) is 0 Å². The Kier molecular flexibility index (Phi) is 4.51. The van der Waals surface area contributed by atoms with Gasteiger partial charge in [0, 0.05) is 9.50 Å². The fourth-order valence-electron chi connectivity index (χ4n) is 2.25. The Morgan fingerprint density at radius 1 is 1.04 bits per heavy atom. The van der Waals surface area contributed by atoms with Gasteiger partial charge < -0.3 is 0 Å². The maximum atomic E-state index is 12.7. The van der Waals surface area contributed by atoms with Crippen LogP contribution in [0.2, 0.25) is 5.02 Å². The molecule has 5 nitrogen and oxygen atoms in total. The summed E-state index contributed by atoms with van der Waals surface area (Å²) in [6.45, 7) is 0. The predicted molar refractivity (Wildman–Crippen MR) is 94.6 cm³/mol. The molecule has 1 fully saturated rings. The molecule has 120 valence electrons. The maximum absolute atomic E-state index is 12.7. The lowest BCUT2D eigenvalue weighted by molar-refractivity contribution is -0.122. The summed E-state index contributed by atoms with van der Waals surface area (Å²) in [7, 11) is 0. The van der Waals surface area contributed by atoms with Crippen molar-refractivity contribution in [3.63, 3.8) is 0 Å². The van der Waals surface area contributed by atoms with Gasteiger partial charge in [-0.3, -0.25) is 14.9 Å². The van der Waals surface area contributed by atoms with Gasteiger partial charge in [-0.1, -0.05) is 39.7 Å². The number of carbonyl (C=O) groups excluding carboxylic acids is 3. The number of hydrogen-bond donors (Lipinski definition) is 1. The number of imide groups is 2. The van der Waals surface area contributed by atoms with E-state index in [4.69, 9.17) is 11.6 Å². The van der Waals surface area contributed by atoms with Crippen molar-refractivity contribution in [1.82, 2.24) is 5.32 Å². The van der Waals surface area contributed by atoms with Gasteiger partial charge in [0.05, 0.1) is 5.69 Å². The minimum Gasteiger partial charge on any atom is -0.273 e. The topological polar surface area (TPSA) is 66.5 Å². The number of benzene rings is 2. The van der Waals surface area contributed by atoms with Crippen LogP contribution in [0.3, 0.4) is 0 Å². The third-order valence-corrected chi connectivity index (χ3v) is 4.09. The van der Waals surface area contributed by atoms with Crippen LogP contribution in [0.1, 0.15) is 5.56 Å². The number of amides is 4. The summed E-state index contributed by atoms with van der Waals surface area (Å²) >= 11 is 9.15. The normalized spacial score (nSPS) is 16.5. The van der Waals surface area contributed by atoms with E-state index in [0.29, 0.717) is 16.3 Å². The number of barbiturate groups is 1. The molecule has 0 saturated carbocycles. The van der Waals surface area contributed by atoms with Crippen molar-refractivity contribution in [3.05, 3.63) is 69.2 Å². The van der Waals surface area contributed by atoms with Gasteiger partial charge >= 0.3 is 6.03 Å². The maximum Gasteiger partial charge on any atom is 0.335 e. The SMILES string of the molecule is O=C1NC(=O)N(c2ccc(Cl)cc2)C(=O)C1=Cc1cccc(Br)c1. The van der Waals surface area contributed by atoms with Crippen molar-refractivity contribution in [2.75, 3.05) is 4.90 Å². The molecule has 2 aromatic rings. The number of rotatable bonds is 2. The van der Waals surface area contributed by atoms with E-state index in [1.165, 1.54) is 18.2 Å². The molecule has 1 aliphatic heterocycles. The molecule has 0 unspecified atom stereocenters. The first kappa shape index (κ1) is 16.4. The molecule has 24 heavy (non-hydrogen) atoms. The molecule has 1 saturated heterocycles. The van der Waals surface area contributed by atoms with Gasteiger partial charge in [0.1, 0.15) is 5.57 Å². The Hall–Kier alpha value is -2.44. The quantitative estimate of drug-likeness (QED) is 0.611. The Morgan fingerprint density at radius 2 is 1.75 bits per heavy atom. The lowest BCUT2D eigenvalue weighted by Crippen LogP contribution is -2.54. The number of urea groups is 1. The summed E-state index contributed by atoms with van der Waals surface area (Å²) in [4.78, 5) is 37.7. The van der Waals surface area contributed by atoms with Crippen LogP contribution in [-0.4, -0.2) is 17.8 Å². The summed E-state index contributed by atoms with van der Waals surface area (Å²) in [5.41, 5.74) is 0.866. The monoisotopic (exact) mass is 404 g/mol. The van der Waals surface area contributed by atoms with Crippen LogP contribution in [0.15, 0.2) is 58.6 Å². The zero-order chi connectivity index (χ0) is 17.3. The highest BCUT2D eigenvalue weighted by Crippen LogP contribution is 2.24. The van der Waals surface area contributed by atoms with Crippen LogP contribution in [0.25, 0.3) is 6.08 Å². The van der Waals surface area contributed by atoms with Gasteiger partial charge in [0.2, 0.25) is 0 Å². The zero-order valence-electron chi connectivity index (χ0n) is 12.1. The second kappa shape index (κ2) is 6.59. The molecule has 0 aromatic heterocycles. The second-order valence-electron chi connectivity index (χ2n) is 4.99. The number of hydrogen-bond acceptors (Lipinski definition) is 3. The van der Waals surface area contributed by atoms with Gasteiger partial charge in [0.25, 0.3) is 11.8 Å². The van der Waals surface area contributed by atoms with Gasteiger partial charge in [-0.2, -0.15) is 0 Å². The molecule has 1 N–H and O–H groups in total. The standard InChI is InChI=1S/C17H10BrClN2O3/c18-11-3-1-2-10(8-11)9-14-15(22)20-17(24)21(16(14)23)13-6-4-12(19)5-7-13/h1-9H,(H,20,22,24). The van der Waals surface area contributed by atoms with Crippen molar-refractivity contribution >= 4 is 57.1 Å². The average Bonchev–Trinajstić information content (AvgIpc) is 2.53. The Bertz CT molecular complexity index is 878. The molecule has 0 bridgehead atoms. The lowest BCUT2D eigenvalue weighted by Gasteiger charge is -2.26. The van der Waals surface area contributed by atoms with E-state index in [0.717, 1.165) is 9.37 Å². The minimum atomic E-state index is -0.793. The number of nitrogens with one attached hydrogen (secondary N) is 1. The zero-order valence-corrected chi connectivity index (χ0v) is 14.5. The number of halogens is 2. The predicted octanol–water partition coefficient (Wildman–Crippen LogP) is 3.77. The molecular weight excluding hydrogens is 396 g/mol. The molecule has 0 aliphatic carbocycles. The van der Waals surface area contributed by atoms with Crippen LogP contribution in [0.5, 0.6) is 0 Å². The van der Waals surface area contributed by atoms with Crippen molar-refractivity contribution in [2.24, 2.45) is 0 Å². The van der Waals surface area contributed by atoms with Gasteiger partial charge in [-0.15, -0.1) is 0 Å². The van der Waals surface area contributed by atoms with Crippen molar-refractivity contribution in [3.8, 4) is 0 Å². The van der Waals surface area contributed by atoms with E-state index in [1.54, 1.807) is 30.3 Å². The Morgan fingerprint density at radius 3 is 2.42 bits per heavy atom. The van der Waals surface area contributed by atoms with Crippen molar-refractivity contribution < 1.29 is 14.4 Å². The molecule has 2 aromatic carbocycles. The molecule has 0 spiro atoms. The van der Waals surface area contributed by atoms with Crippen LogP contribution >= 0.6 is 27.5 Å². The van der Waals surface area contributed by atoms with Crippen LogP contribution < -0.4 is 10.2 Å². The first-order valence-corrected chi connectivity index (χ1v) is 8.05. The molecule has 0 radical (unpaired) electrons. The largest absolute Gasteiger partial charge is 0.335 e. The van der Waals surface area contributed by atoms with Gasteiger partial charge in [-0.25, -0.2) is 9.69 Å². The Labute approximate surface area is 151 Å². The van der Waals surface area contributed by atoms with Crippen LogP contribution in [0.4, 0.5) is 10.5 Å². The van der Waals surface area contributed by atoms with E-state index in [2.05, 4.69) is 21.2 Å². The number of anilines is 1. The molecule has 1 aliphatic rings. The molecule has 3 rings (SSSR count). The third-order valence-electron chi connectivity index (χ3n) is 3.35. The molecule has 4 amide bonds. The summed E-state index contributed by atoms with van der Waals surface area (Å²) in [6.07, 6.45) is 1.44. The van der Waals surface area contributed by atoms with E-state index in [9.17, 15) is 14.4 Å². The highest BCUT2D eigenvalue weighted by molar-refractivity contribution is 9.10. The highest BCUT2D eigenvalue weighted by atomic mass is 79.9. The molecule has 1 heterocycles. The summed E-state index contributed by atoms with van der Waals surface area (Å²) in [5, 5.41) is 2.65. The van der Waals surface area contributed by atoms with Gasteiger partial charge in [-0.05, 0) is 48.0 Å². The Balaban J connectivity index is 2.01. The number of nitrogens with zero attached hydrogens (tertiary/aromatic N) is 1. The van der Waals surface area contributed by atoms with E-state index in [-0.39, 0.29) is 5.57 Å². The fraction of sp³-hybridized carbons (Fsp3) is 0. The van der Waals surface area contributed by atoms with Crippen LogP contribution in [0, 0.1) is 0 Å². The summed E-state index contributed by atoms with van der Waals surface area (Å²) in [5.74, 6) is -1.42. The first-order chi connectivity index (χ1) is 11.5. The smallest absolute Gasteiger partial charge is 0.273 e. The summed E-state index contributed by atoms with van der Waals surface area (Å²) < 4.78 is 0.811. The molecular formula is C17H10BrClN2O3. The molecule has 7 heteroatoms. The summed E-state index contributed by atoms with van der Waals surface area (Å²) in [6, 6.07) is 12.5. The average molecular weight is 406 g/mol. The minimum absolute atomic E-state index is 0.123. The van der Waals surface area contributed by atoms with Crippen LogP contribution in [-0.2, 0) is 9.59 Å². The van der Waals surface area contributed by atoms with E-state index >= 15 is 0 Å². The first-order valence-electron chi connectivity index (χ1n) is 6.88. The third kappa shape index (κ3) is 3.25. The molecule has 0 atom stereocenters. The van der Waals surface area contributed by atoms with E-state index < -0.39 is 17.8 Å². The highest BCUT2D eigenvalue weighted by Gasteiger charge is 2.36. The van der Waals surface area contributed by atoms with E-state index in [1.807, 2.05) is 6.07 Å². The second-order valence-corrected chi connectivity index (χ2v) is 6.34. The van der Waals surface area contributed by atoms with Crippen molar-refractivity contribution in [2.45, 2.75) is 0 Å². The lowest BCUT2D eigenvalue weighted by atomic mass is 10.1.